The molecule has 4 aliphatic carbocycles. The van der Waals surface area contributed by atoms with Gasteiger partial charge in [0.2, 0.25) is 0 Å². The van der Waals surface area contributed by atoms with Crippen molar-refractivity contribution in [2.24, 2.45) is 46.3 Å². The SMILES string of the molecule is C=C(CC[C@@H](C)[C@H]1CC[C@H]2C3=C(C(=O)[C@H](O)[C@]12C)[C@@]1(C)CC[C@@H](O)[C@@H](C)[C@@H]1CC3=O)[C@H](C)C(=O)OCC. The molecule has 0 saturated heterocycles. The highest BCUT2D eigenvalue weighted by molar-refractivity contribution is 6.12. The third-order valence-corrected chi connectivity index (χ3v) is 11.2. The van der Waals surface area contributed by atoms with Crippen LogP contribution in [0.1, 0.15) is 86.5 Å². The summed E-state index contributed by atoms with van der Waals surface area (Å²) in [6.07, 6.45) is 3.16. The van der Waals surface area contributed by atoms with E-state index >= 15 is 0 Å². The lowest BCUT2D eigenvalue weighted by Gasteiger charge is -2.56. The first-order valence-electron chi connectivity index (χ1n) is 14.3. The van der Waals surface area contributed by atoms with Gasteiger partial charge in [-0.1, -0.05) is 39.8 Å². The van der Waals surface area contributed by atoms with Crippen molar-refractivity contribution < 1.29 is 29.3 Å². The molecule has 4 aliphatic rings. The molecule has 0 aromatic heterocycles. The summed E-state index contributed by atoms with van der Waals surface area (Å²) in [5, 5.41) is 22.2. The van der Waals surface area contributed by atoms with E-state index in [9.17, 15) is 24.6 Å². The molecule has 0 aliphatic heterocycles. The van der Waals surface area contributed by atoms with Gasteiger partial charge in [-0.05, 0) is 82.0 Å². The van der Waals surface area contributed by atoms with Gasteiger partial charge in [0.15, 0.2) is 11.6 Å². The van der Waals surface area contributed by atoms with Crippen molar-refractivity contribution in [1.82, 2.24) is 0 Å². The average Bonchev–Trinajstić information content (AvgIpc) is 3.22. The number of allylic oxidation sites excluding steroid dienone is 1. The van der Waals surface area contributed by atoms with E-state index in [1.807, 2.05) is 20.8 Å². The van der Waals surface area contributed by atoms with Crippen LogP contribution in [0, 0.1) is 46.3 Å². The molecule has 0 aromatic carbocycles. The quantitative estimate of drug-likeness (QED) is 0.373. The third kappa shape index (κ3) is 4.27. The topological polar surface area (TPSA) is 101 Å². The molecular weight excluding hydrogens is 468 g/mol. The first-order chi connectivity index (χ1) is 17.3. The smallest absolute Gasteiger partial charge is 0.312 e. The van der Waals surface area contributed by atoms with Gasteiger partial charge in [0.05, 0.1) is 18.6 Å². The molecular formula is C31H46O6. The van der Waals surface area contributed by atoms with E-state index in [1.165, 1.54) is 0 Å². The maximum atomic E-state index is 14.0. The molecule has 0 bridgehead atoms. The van der Waals surface area contributed by atoms with Crippen LogP contribution >= 0.6 is 0 Å². The van der Waals surface area contributed by atoms with E-state index < -0.39 is 23.0 Å². The summed E-state index contributed by atoms with van der Waals surface area (Å²) in [7, 11) is 0. The van der Waals surface area contributed by atoms with Crippen LogP contribution in [0.15, 0.2) is 23.3 Å². The van der Waals surface area contributed by atoms with Gasteiger partial charge in [-0.15, -0.1) is 0 Å². The molecule has 6 heteroatoms. The number of Topliss-reactive ketones (excluding diaryl/α,β-unsaturated/α-hetero) is 2. The maximum absolute atomic E-state index is 14.0. The Morgan fingerprint density at radius 3 is 2.49 bits per heavy atom. The van der Waals surface area contributed by atoms with Gasteiger partial charge in [0.1, 0.15) is 6.10 Å². The van der Waals surface area contributed by atoms with Gasteiger partial charge in [0, 0.05) is 28.4 Å². The summed E-state index contributed by atoms with van der Waals surface area (Å²) in [4.78, 5) is 39.8. The standard InChI is InChI=1S/C31H46O6/c1-8-37-29(36)18(4)16(2)9-10-17(3)20-11-12-21-25-24(33)15-22-19(5)23(32)13-14-30(22,6)26(25)27(34)28(35)31(20,21)7/h17-23,28,32,35H,2,8-15H2,1,3-7H3/t17-,18+,19+,20-,21+,22+,23-,28+,30+,31-/m1/s1. The number of carbonyl (C=O) groups excluding carboxylic acids is 3. The number of hydrogen-bond donors (Lipinski definition) is 2. The van der Waals surface area contributed by atoms with E-state index in [-0.39, 0.29) is 53.0 Å². The maximum Gasteiger partial charge on any atom is 0.312 e. The van der Waals surface area contributed by atoms with Crippen molar-refractivity contribution in [2.75, 3.05) is 6.61 Å². The highest BCUT2D eigenvalue weighted by Gasteiger charge is 2.65. The number of carbonyl (C=O) groups is 3. The van der Waals surface area contributed by atoms with Crippen molar-refractivity contribution in [1.29, 1.82) is 0 Å². The third-order valence-electron chi connectivity index (χ3n) is 11.2. The summed E-state index contributed by atoms with van der Waals surface area (Å²) < 4.78 is 5.14. The lowest BCUT2D eigenvalue weighted by atomic mass is 9.47. The predicted octanol–water partition coefficient (Wildman–Crippen LogP) is 4.82. The summed E-state index contributed by atoms with van der Waals surface area (Å²) in [6.45, 7) is 16.3. The van der Waals surface area contributed by atoms with Gasteiger partial charge < -0.3 is 14.9 Å². The van der Waals surface area contributed by atoms with Crippen LogP contribution in [0.5, 0.6) is 0 Å². The van der Waals surface area contributed by atoms with Gasteiger partial charge in [-0.25, -0.2) is 0 Å². The Bertz CT molecular complexity index is 1010. The molecule has 6 nitrogen and oxygen atoms in total. The molecule has 0 heterocycles. The molecule has 0 aromatic rings. The molecule has 0 unspecified atom stereocenters. The average molecular weight is 515 g/mol. The van der Waals surface area contributed by atoms with Crippen molar-refractivity contribution in [2.45, 2.75) is 98.7 Å². The minimum Gasteiger partial charge on any atom is -0.466 e. The van der Waals surface area contributed by atoms with Gasteiger partial charge in [0.25, 0.3) is 0 Å². The number of aliphatic hydroxyl groups excluding tert-OH is 2. The molecule has 2 fully saturated rings. The molecule has 37 heavy (non-hydrogen) atoms. The van der Waals surface area contributed by atoms with Crippen molar-refractivity contribution >= 4 is 17.5 Å². The van der Waals surface area contributed by atoms with Crippen LogP contribution in [-0.4, -0.2) is 46.6 Å². The second-order valence-corrected chi connectivity index (χ2v) is 12.9. The summed E-state index contributed by atoms with van der Waals surface area (Å²) in [6, 6.07) is 0. The minimum absolute atomic E-state index is 0.0415. The molecule has 206 valence electrons. The van der Waals surface area contributed by atoms with Crippen LogP contribution in [0.4, 0.5) is 0 Å². The van der Waals surface area contributed by atoms with E-state index in [0.29, 0.717) is 43.4 Å². The number of rotatable bonds is 7. The summed E-state index contributed by atoms with van der Waals surface area (Å²) >= 11 is 0. The fraction of sp³-hybridized carbons (Fsp3) is 0.774. The number of aliphatic hydroxyl groups is 2. The van der Waals surface area contributed by atoms with E-state index in [1.54, 1.807) is 6.92 Å². The number of ketones is 2. The van der Waals surface area contributed by atoms with Gasteiger partial charge in [-0.3, -0.25) is 14.4 Å². The first-order valence-corrected chi connectivity index (χ1v) is 14.3. The zero-order valence-corrected chi connectivity index (χ0v) is 23.5. The fourth-order valence-electron chi connectivity index (χ4n) is 8.66. The van der Waals surface area contributed by atoms with E-state index in [2.05, 4.69) is 20.4 Å². The van der Waals surface area contributed by atoms with Gasteiger partial charge in [-0.2, -0.15) is 0 Å². The van der Waals surface area contributed by atoms with Crippen LogP contribution in [0.25, 0.3) is 0 Å². The highest BCUT2D eigenvalue weighted by atomic mass is 16.5. The molecule has 0 radical (unpaired) electrons. The van der Waals surface area contributed by atoms with Crippen molar-refractivity contribution in [3.63, 3.8) is 0 Å². The van der Waals surface area contributed by atoms with E-state index in [4.69, 9.17) is 4.74 Å². The normalized spacial score (nSPS) is 41.0. The van der Waals surface area contributed by atoms with Gasteiger partial charge >= 0.3 is 5.97 Å². The Balaban J connectivity index is 1.60. The number of fused-ring (bicyclic) bond motifs is 4. The van der Waals surface area contributed by atoms with Crippen LogP contribution in [0.3, 0.4) is 0 Å². The Hall–Kier alpha value is -1.79. The number of ether oxygens (including phenoxy) is 1. The van der Waals surface area contributed by atoms with Crippen molar-refractivity contribution in [3.05, 3.63) is 23.3 Å². The largest absolute Gasteiger partial charge is 0.466 e. The molecule has 0 amide bonds. The Morgan fingerprint density at radius 1 is 1.16 bits per heavy atom. The molecule has 2 N–H and O–H groups in total. The Morgan fingerprint density at radius 2 is 1.84 bits per heavy atom. The minimum atomic E-state index is -1.14. The second kappa shape index (κ2) is 10.1. The number of esters is 1. The summed E-state index contributed by atoms with van der Waals surface area (Å²) in [5.41, 5.74) is 0.932. The predicted molar refractivity (Wildman–Crippen MR) is 141 cm³/mol. The summed E-state index contributed by atoms with van der Waals surface area (Å²) in [5.74, 6) is -0.831. The molecule has 10 atom stereocenters. The van der Waals surface area contributed by atoms with Crippen LogP contribution in [-0.2, 0) is 19.1 Å². The van der Waals surface area contributed by atoms with E-state index in [0.717, 1.165) is 24.8 Å². The zero-order valence-electron chi connectivity index (χ0n) is 23.5. The Kier molecular flexibility index (Phi) is 7.68. The number of hydrogen-bond acceptors (Lipinski definition) is 6. The fourth-order valence-corrected chi connectivity index (χ4v) is 8.66. The lowest BCUT2D eigenvalue weighted by molar-refractivity contribution is -0.146. The lowest BCUT2D eigenvalue weighted by Crippen LogP contribution is -2.58. The zero-order chi connectivity index (χ0) is 27.4. The monoisotopic (exact) mass is 514 g/mol. The molecule has 4 rings (SSSR count). The highest BCUT2D eigenvalue weighted by Crippen LogP contribution is 2.65. The van der Waals surface area contributed by atoms with Crippen LogP contribution < -0.4 is 0 Å². The first kappa shape index (κ1) is 28.2. The second-order valence-electron chi connectivity index (χ2n) is 12.9. The van der Waals surface area contributed by atoms with Crippen LogP contribution in [0.2, 0.25) is 0 Å². The molecule has 2 saturated carbocycles. The molecule has 0 spiro atoms. The Labute approximate surface area is 221 Å². The van der Waals surface area contributed by atoms with Crippen molar-refractivity contribution in [3.8, 4) is 0 Å².